The standard InChI is InChI=1S/C48H31F3N4S/c49-35-14-5-30(6-15-35)32-9-20-38(21-10-32)54(39-22-11-33(12-23-39)31-7-16-36(50)17-8-31)46-28-26-41(48(53-56)47(46)52)34-13-27-45-43(29-34)42-3-1-2-4-44(42)55(45)40-24-18-37(51)19-25-40/h1-29,52,56H/b52-47?,53-48-. The van der Waals surface area contributed by atoms with Crippen LogP contribution in [0.1, 0.15) is 5.56 Å². The Bertz CT molecular complexity index is 2780. The molecule has 0 amide bonds. The highest BCUT2D eigenvalue weighted by Gasteiger charge is 2.28. The van der Waals surface area contributed by atoms with Crippen molar-refractivity contribution in [2.45, 2.75) is 0 Å². The van der Waals surface area contributed by atoms with Gasteiger partial charge >= 0.3 is 0 Å². The Morgan fingerprint density at radius 1 is 0.500 bits per heavy atom. The van der Waals surface area contributed by atoms with Crippen LogP contribution in [0.3, 0.4) is 0 Å². The van der Waals surface area contributed by atoms with Gasteiger partial charge in [0, 0.05) is 33.4 Å². The van der Waals surface area contributed by atoms with Crippen molar-refractivity contribution in [2.24, 2.45) is 4.40 Å². The van der Waals surface area contributed by atoms with E-state index in [9.17, 15) is 18.6 Å². The molecule has 0 fully saturated rings. The third kappa shape index (κ3) is 6.29. The molecule has 0 saturated heterocycles. The van der Waals surface area contributed by atoms with Gasteiger partial charge in [-0.1, -0.05) is 72.8 Å². The zero-order chi connectivity index (χ0) is 38.3. The van der Waals surface area contributed by atoms with Gasteiger partial charge in [-0.3, -0.25) is 5.41 Å². The highest BCUT2D eigenvalue weighted by Crippen LogP contribution is 2.39. The number of aromatic nitrogens is 1. The minimum atomic E-state index is -0.297. The number of allylic oxidation sites excluding steroid dienone is 4. The predicted octanol–water partition coefficient (Wildman–Crippen LogP) is 13.0. The van der Waals surface area contributed by atoms with Crippen molar-refractivity contribution in [3.63, 3.8) is 0 Å². The molecule has 270 valence electrons. The lowest BCUT2D eigenvalue weighted by molar-refractivity contribution is 0.627. The number of hydrogen-bond donors (Lipinski definition) is 2. The van der Waals surface area contributed by atoms with E-state index < -0.39 is 0 Å². The summed E-state index contributed by atoms with van der Waals surface area (Å²) in [6, 6.07) is 49.3. The van der Waals surface area contributed by atoms with Crippen LogP contribution in [-0.4, -0.2) is 16.0 Å². The quantitative estimate of drug-likeness (QED) is 0.124. The van der Waals surface area contributed by atoms with Crippen LogP contribution in [0.4, 0.5) is 24.5 Å². The Kier molecular flexibility index (Phi) is 8.96. The van der Waals surface area contributed by atoms with Gasteiger partial charge in [0.25, 0.3) is 0 Å². The number of benzene rings is 7. The smallest absolute Gasteiger partial charge is 0.123 e. The first kappa shape index (κ1) is 34.8. The lowest BCUT2D eigenvalue weighted by atomic mass is 9.90. The van der Waals surface area contributed by atoms with Crippen LogP contribution in [0.25, 0.3) is 55.3 Å². The molecule has 1 N–H and O–H groups in total. The number of thiol groups is 1. The van der Waals surface area contributed by atoms with Crippen molar-refractivity contribution in [2.75, 3.05) is 4.90 Å². The molecule has 1 aliphatic rings. The van der Waals surface area contributed by atoms with Gasteiger partial charge in [-0.2, -0.15) is 0 Å². The van der Waals surface area contributed by atoms with Crippen molar-refractivity contribution in [3.8, 4) is 27.9 Å². The Hall–Kier alpha value is -6.90. The van der Waals surface area contributed by atoms with Crippen LogP contribution in [0, 0.1) is 22.9 Å². The molecule has 0 saturated carbocycles. The van der Waals surface area contributed by atoms with Gasteiger partial charge in [0.2, 0.25) is 0 Å². The fourth-order valence-electron chi connectivity index (χ4n) is 7.43. The minimum Gasteiger partial charge on any atom is -0.309 e. The zero-order valence-corrected chi connectivity index (χ0v) is 30.6. The first-order chi connectivity index (χ1) is 27.4. The van der Waals surface area contributed by atoms with E-state index in [0.717, 1.165) is 72.3 Å². The lowest BCUT2D eigenvalue weighted by Crippen LogP contribution is -2.30. The summed E-state index contributed by atoms with van der Waals surface area (Å²) in [5.74, 6) is -0.889. The molecule has 1 aliphatic carbocycles. The van der Waals surface area contributed by atoms with E-state index in [1.54, 1.807) is 36.4 Å². The number of para-hydroxylation sites is 1. The van der Waals surface area contributed by atoms with Gasteiger partial charge in [-0.15, -0.1) is 0 Å². The SMILES string of the molecule is N=C1C(N(c2ccc(-c3ccc(F)cc3)cc2)c2ccc(-c3ccc(F)cc3)cc2)=CC=C(c2ccc3c(c2)c2ccccc2n3-c2ccc(F)cc2)/C1=N/S. The second-order valence-electron chi connectivity index (χ2n) is 13.5. The van der Waals surface area contributed by atoms with Crippen LogP contribution in [-0.2, 0) is 0 Å². The molecule has 1 aromatic heterocycles. The van der Waals surface area contributed by atoms with Crippen molar-refractivity contribution in [1.82, 2.24) is 4.57 Å². The maximum Gasteiger partial charge on any atom is 0.123 e. The monoisotopic (exact) mass is 752 g/mol. The first-order valence-electron chi connectivity index (χ1n) is 17.9. The molecule has 8 heteroatoms. The molecule has 56 heavy (non-hydrogen) atoms. The fraction of sp³-hybridized carbons (Fsp3) is 0. The predicted molar refractivity (Wildman–Crippen MR) is 227 cm³/mol. The Balaban J connectivity index is 1.15. The third-order valence-corrected chi connectivity index (χ3v) is 10.4. The van der Waals surface area contributed by atoms with Gasteiger partial charge in [-0.25, -0.2) is 17.6 Å². The van der Waals surface area contributed by atoms with E-state index in [0.29, 0.717) is 11.4 Å². The highest BCUT2D eigenvalue weighted by molar-refractivity contribution is 7.79. The van der Waals surface area contributed by atoms with Crippen LogP contribution in [0.15, 0.2) is 186 Å². The van der Waals surface area contributed by atoms with E-state index in [-0.39, 0.29) is 23.2 Å². The van der Waals surface area contributed by atoms with E-state index >= 15 is 0 Å². The van der Waals surface area contributed by atoms with E-state index in [1.807, 2.05) is 89.8 Å². The number of anilines is 2. The maximum absolute atomic E-state index is 13.9. The molecule has 0 bridgehead atoms. The molecule has 0 spiro atoms. The number of halogens is 3. The molecule has 7 aromatic carbocycles. The summed E-state index contributed by atoms with van der Waals surface area (Å²) >= 11 is 4.40. The van der Waals surface area contributed by atoms with Gasteiger partial charge < -0.3 is 9.47 Å². The average Bonchev–Trinajstić information content (AvgIpc) is 3.56. The molecule has 9 rings (SSSR count). The van der Waals surface area contributed by atoms with Gasteiger partial charge in [0.05, 0.1) is 16.7 Å². The molecule has 0 radical (unpaired) electrons. The summed E-state index contributed by atoms with van der Waals surface area (Å²) in [7, 11) is 0. The average molecular weight is 753 g/mol. The largest absolute Gasteiger partial charge is 0.309 e. The number of fused-ring (bicyclic) bond motifs is 3. The number of hydrogen-bond acceptors (Lipinski definition) is 4. The zero-order valence-electron chi connectivity index (χ0n) is 29.7. The molecule has 4 nitrogen and oxygen atoms in total. The van der Waals surface area contributed by atoms with Crippen molar-refractivity contribution >= 4 is 63.0 Å². The summed E-state index contributed by atoms with van der Waals surface area (Å²) < 4.78 is 47.8. The molecule has 0 unspecified atom stereocenters. The summed E-state index contributed by atoms with van der Waals surface area (Å²) in [5.41, 5.74) is 10.8. The van der Waals surface area contributed by atoms with Crippen LogP contribution in [0.2, 0.25) is 0 Å². The third-order valence-electron chi connectivity index (χ3n) is 10.2. The maximum atomic E-state index is 13.9. The highest BCUT2D eigenvalue weighted by atomic mass is 32.1. The molecular formula is C48H31F3N4S. The second kappa shape index (κ2) is 14.4. The molecule has 1 heterocycles. The molecular weight excluding hydrogens is 722 g/mol. The summed E-state index contributed by atoms with van der Waals surface area (Å²) in [6.45, 7) is 0. The topological polar surface area (TPSA) is 44.4 Å². The number of rotatable bonds is 7. The fourth-order valence-corrected chi connectivity index (χ4v) is 7.64. The Morgan fingerprint density at radius 2 is 0.964 bits per heavy atom. The molecule has 8 aromatic rings. The Morgan fingerprint density at radius 3 is 1.50 bits per heavy atom. The van der Waals surface area contributed by atoms with Crippen molar-refractivity contribution in [1.29, 1.82) is 5.41 Å². The van der Waals surface area contributed by atoms with E-state index in [2.05, 4.69) is 40.0 Å². The second-order valence-corrected chi connectivity index (χ2v) is 13.7. The van der Waals surface area contributed by atoms with Gasteiger partial charge in [-0.05, 0) is 144 Å². The van der Waals surface area contributed by atoms with E-state index in [1.165, 1.54) is 36.4 Å². The normalized spacial score (nSPS) is 13.6. The minimum absolute atomic E-state index is 0.177. The van der Waals surface area contributed by atoms with E-state index in [4.69, 9.17) is 0 Å². The van der Waals surface area contributed by atoms with Crippen LogP contribution in [0.5, 0.6) is 0 Å². The lowest BCUT2D eigenvalue weighted by Gasteiger charge is -2.31. The number of nitrogens with one attached hydrogen (secondary N) is 1. The first-order valence-corrected chi connectivity index (χ1v) is 18.3. The summed E-state index contributed by atoms with van der Waals surface area (Å²) in [4.78, 5) is 2.00. The van der Waals surface area contributed by atoms with Gasteiger partial charge in [0.1, 0.15) is 28.9 Å². The number of nitrogens with zero attached hydrogens (tertiary/aromatic N) is 3. The summed E-state index contributed by atoms with van der Waals surface area (Å²) in [5, 5.41) is 11.6. The van der Waals surface area contributed by atoms with Crippen molar-refractivity contribution < 1.29 is 13.2 Å². The summed E-state index contributed by atoms with van der Waals surface area (Å²) in [6.07, 6.45) is 3.89. The molecule has 0 aliphatic heterocycles. The Labute approximate surface area is 326 Å². The van der Waals surface area contributed by atoms with Crippen molar-refractivity contribution in [3.05, 3.63) is 205 Å². The van der Waals surface area contributed by atoms with Gasteiger partial charge in [0.15, 0.2) is 0 Å². The molecule has 0 atom stereocenters. The van der Waals surface area contributed by atoms with Crippen LogP contribution < -0.4 is 4.90 Å². The van der Waals surface area contributed by atoms with Crippen LogP contribution >= 0.6 is 12.8 Å².